The molecular formula is C12H12BrFN2. The van der Waals surface area contributed by atoms with Crippen LogP contribution in [0.4, 0.5) is 4.39 Å². The molecule has 4 heteroatoms. The lowest BCUT2D eigenvalue weighted by Gasteiger charge is -2.01. The van der Waals surface area contributed by atoms with Crippen molar-refractivity contribution in [2.45, 2.75) is 19.8 Å². The molecule has 0 aliphatic heterocycles. The van der Waals surface area contributed by atoms with Gasteiger partial charge in [0, 0.05) is 5.56 Å². The fourth-order valence-corrected chi connectivity index (χ4v) is 2.42. The SMILES string of the molecule is CC(C)c1[nH]nc(-c2cccc(F)c2)c1Br. The maximum Gasteiger partial charge on any atom is 0.123 e. The van der Waals surface area contributed by atoms with E-state index in [-0.39, 0.29) is 5.82 Å². The predicted molar refractivity (Wildman–Crippen MR) is 65.8 cm³/mol. The van der Waals surface area contributed by atoms with Crippen LogP contribution in [0.1, 0.15) is 25.5 Å². The van der Waals surface area contributed by atoms with Crippen LogP contribution in [-0.4, -0.2) is 10.2 Å². The molecular weight excluding hydrogens is 271 g/mol. The fraction of sp³-hybridized carbons (Fsp3) is 0.250. The molecule has 0 fully saturated rings. The summed E-state index contributed by atoms with van der Waals surface area (Å²) in [7, 11) is 0. The molecule has 0 saturated heterocycles. The first-order valence-electron chi connectivity index (χ1n) is 5.09. The van der Waals surface area contributed by atoms with Crippen molar-refractivity contribution in [1.29, 1.82) is 0 Å². The molecule has 16 heavy (non-hydrogen) atoms. The van der Waals surface area contributed by atoms with E-state index in [1.165, 1.54) is 12.1 Å². The van der Waals surface area contributed by atoms with E-state index in [0.717, 1.165) is 21.4 Å². The minimum atomic E-state index is -0.251. The van der Waals surface area contributed by atoms with Gasteiger partial charge in [-0.05, 0) is 34.0 Å². The summed E-state index contributed by atoms with van der Waals surface area (Å²) in [4.78, 5) is 0. The summed E-state index contributed by atoms with van der Waals surface area (Å²) < 4.78 is 14.0. The second-order valence-electron chi connectivity index (χ2n) is 3.96. The Hall–Kier alpha value is -1.16. The number of aromatic nitrogens is 2. The highest BCUT2D eigenvalue weighted by atomic mass is 79.9. The third-order valence-corrected chi connectivity index (χ3v) is 3.21. The van der Waals surface area contributed by atoms with E-state index in [0.29, 0.717) is 5.92 Å². The van der Waals surface area contributed by atoms with Crippen molar-refractivity contribution in [2.24, 2.45) is 0 Å². The van der Waals surface area contributed by atoms with Gasteiger partial charge < -0.3 is 0 Å². The quantitative estimate of drug-likeness (QED) is 0.883. The Bertz CT molecular complexity index is 505. The molecule has 0 bridgehead atoms. The Morgan fingerprint density at radius 2 is 2.12 bits per heavy atom. The van der Waals surface area contributed by atoms with Gasteiger partial charge in [0.2, 0.25) is 0 Å². The Kier molecular flexibility index (Phi) is 3.10. The number of nitrogens with one attached hydrogen (secondary N) is 1. The lowest BCUT2D eigenvalue weighted by atomic mass is 10.1. The number of halogens is 2. The number of rotatable bonds is 2. The summed E-state index contributed by atoms with van der Waals surface area (Å²) in [5.74, 6) is 0.0997. The molecule has 84 valence electrons. The van der Waals surface area contributed by atoms with Crippen LogP contribution in [-0.2, 0) is 0 Å². The van der Waals surface area contributed by atoms with Crippen LogP contribution < -0.4 is 0 Å². The zero-order valence-electron chi connectivity index (χ0n) is 9.09. The van der Waals surface area contributed by atoms with Crippen molar-refractivity contribution in [3.63, 3.8) is 0 Å². The van der Waals surface area contributed by atoms with E-state index in [1.54, 1.807) is 6.07 Å². The molecule has 0 amide bonds. The predicted octanol–water partition coefficient (Wildman–Crippen LogP) is 4.10. The van der Waals surface area contributed by atoms with Gasteiger partial charge in [0.15, 0.2) is 0 Å². The Balaban J connectivity index is 2.49. The van der Waals surface area contributed by atoms with Gasteiger partial charge >= 0.3 is 0 Å². The standard InChI is InChI=1S/C12H12BrFN2/c1-7(2)11-10(13)12(16-15-11)8-4-3-5-9(14)6-8/h3-7H,1-2H3,(H,15,16). The Labute approximate surface area is 102 Å². The van der Waals surface area contributed by atoms with Gasteiger partial charge in [-0.2, -0.15) is 5.10 Å². The van der Waals surface area contributed by atoms with E-state index in [4.69, 9.17) is 0 Å². The van der Waals surface area contributed by atoms with Crippen LogP contribution in [0, 0.1) is 5.82 Å². The highest BCUT2D eigenvalue weighted by molar-refractivity contribution is 9.10. The van der Waals surface area contributed by atoms with E-state index >= 15 is 0 Å². The summed E-state index contributed by atoms with van der Waals surface area (Å²) in [6.07, 6.45) is 0. The number of hydrogen-bond donors (Lipinski definition) is 1. The topological polar surface area (TPSA) is 28.7 Å². The van der Waals surface area contributed by atoms with E-state index in [9.17, 15) is 4.39 Å². The highest BCUT2D eigenvalue weighted by Crippen LogP contribution is 2.32. The van der Waals surface area contributed by atoms with Crippen LogP contribution >= 0.6 is 15.9 Å². The molecule has 0 aliphatic rings. The average Bonchev–Trinajstić information content (AvgIpc) is 2.60. The van der Waals surface area contributed by atoms with Gasteiger partial charge in [-0.3, -0.25) is 5.10 Å². The molecule has 1 heterocycles. The van der Waals surface area contributed by atoms with Gasteiger partial charge in [-0.15, -0.1) is 0 Å². The van der Waals surface area contributed by atoms with Crippen LogP contribution in [0.5, 0.6) is 0 Å². The van der Waals surface area contributed by atoms with E-state index < -0.39 is 0 Å². The first kappa shape index (κ1) is 11.3. The Morgan fingerprint density at radius 3 is 2.69 bits per heavy atom. The lowest BCUT2D eigenvalue weighted by molar-refractivity contribution is 0.628. The minimum Gasteiger partial charge on any atom is -0.281 e. The monoisotopic (exact) mass is 282 g/mol. The van der Waals surface area contributed by atoms with Crippen molar-refractivity contribution in [3.8, 4) is 11.3 Å². The van der Waals surface area contributed by atoms with Gasteiger partial charge in [0.1, 0.15) is 11.5 Å². The first-order chi connectivity index (χ1) is 7.59. The van der Waals surface area contributed by atoms with Crippen molar-refractivity contribution < 1.29 is 4.39 Å². The number of nitrogens with zero attached hydrogens (tertiary/aromatic N) is 1. The van der Waals surface area contributed by atoms with Crippen LogP contribution in [0.25, 0.3) is 11.3 Å². The number of H-pyrrole nitrogens is 1. The molecule has 0 radical (unpaired) electrons. The number of aromatic amines is 1. The van der Waals surface area contributed by atoms with Crippen molar-refractivity contribution >= 4 is 15.9 Å². The first-order valence-corrected chi connectivity index (χ1v) is 5.88. The molecule has 2 aromatic rings. The normalized spacial score (nSPS) is 11.1. The van der Waals surface area contributed by atoms with Crippen LogP contribution in [0.2, 0.25) is 0 Å². The summed E-state index contributed by atoms with van der Waals surface area (Å²) in [6, 6.07) is 6.42. The largest absolute Gasteiger partial charge is 0.281 e. The van der Waals surface area contributed by atoms with E-state index in [2.05, 4.69) is 40.0 Å². The third-order valence-electron chi connectivity index (χ3n) is 2.41. The Morgan fingerprint density at radius 1 is 1.38 bits per heavy atom. The summed E-state index contributed by atoms with van der Waals surface area (Å²) in [5, 5.41) is 7.18. The fourth-order valence-electron chi connectivity index (χ4n) is 1.55. The molecule has 0 aliphatic carbocycles. The number of benzene rings is 1. The molecule has 0 atom stereocenters. The molecule has 0 unspecified atom stereocenters. The summed E-state index contributed by atoms with van der Waals surface area (Å²) in [6.45, 7) is 4.15. The molecule has 0 spiro atoms. The molecule has 0 saturated carbocycles. The van der Waals surface area contributed by atoms with Crippen LogP contribution in [0.15, 0.2) is 28.7 Å². The van der Waals surface area contributed by atoms with Crippen molar-refractivity contribution in [1.82, 2.24) is 10.2 Å². The van der Waals surface area contributed by atoms with Gasteiger partial charge in [-0.25, -0.2) is 4.39 Å². The van der Waals surface area contributed by atoms with Crippen LogP contribution in [0.3, 0.4) is 0 Å². The third kappa shape index (κ3) is 2.02. The lowest BCUT2D eigenvalue weighted by Crippen LogP contribution is -1.87. The molecule has 1 aromatic heterocycles. The van der Waals surface area contributed by atoms with Gasteiger partial charge in [-0.1, -0.05) is 26.0 Å². The molecule has 2 rings (SSSR count). The van der Waals surface area contributed by atoms with Gasteiger partial charge in [0.05, 0.1) is 10.2 Å². The van der Waals surface area contributed by atoms with Gasteiger partial charge in [0.25, 0.3) is 0 Å². The zero-order valence-corrected chi connectivity index (χ0v) is 10.7. The smallest absolute Gasteiger partial charge is 0.123 e. The molecule has 1 aromatic carbocycles. The van der Waals surface area contributed by atoms with Crippen molar-refractivity contribution in [2.75, 3.05) is 0 Å². The summed E-state index contributed by atoms with van der Waals surface area (Å²) in [5.41, 5.74) is 2.55. The molecule has 1 N–H and O–H groups in total. The maximum atomic E-state index is 13.1. The summed E-state index contributed by atoms with van der Waals surface area (Å²) >= 11 is 3.50. The zero-order chi connectivity index (χ0) is 11.7. The second kappa shape index (κ2) is 4.37. The average molecular weight is 283 g/mol. The van der Waals surface area contributed by atoms with Crippen molar-refractivity contribution in [3.05, 3.63) is 40.2 Å². The highest BCUT2D eigenvalue weighted by Gasteiger charge is 2.14. The minimum absolute atomic E-state index is 0.251. The maximum absolute atomic E-state index is 13.1. The second-order valence-corrected chi connectivity index (χ2v) is 4.76. The van der Waals surface area contributed by atoms with E-state index in [1.807, 2.05) is 6.07 Å². The number of hydrogen-bond acceptors (Lipinski definition) is 1. The molecule has 2 nitrogen and oxygen atoms in total.